The lowest BCUT2D eigenvalue weighted by atomic mass is 10.00. The van der Waals surface area contributed by atoms with Crippen molar-refractivity contribution in [3.63, 3.8) is 0 Å². The molecule has 0 heterocycles. The maximum atomic E-state index is 11.6. The summed E-state index contributed by atoms with van der Waals surface area (Å²) in [4.78, 5) is 53.3. The van der Waals surface area contributed by atoms with E-state index in [1.807, 2.05) is 6.92 Å². The molecular formula is C28H38O7. The lowest BCUT2D eigenvalue weighted by Crippen LogP contribution is -2.17. The first-order chi connectivity index (χ1) is 17.0. The quantitative estimate of drug-likeness (QED) is 0.173. The van der Waals surface area contributed by atoms with Gasteiger partial charge in [-0.1, -0.05) is 89.3 Å². The molecule has 7 heteroatoms. The zero-order valence-corrected chi connectivity index (χ0v) is 21.1. The van der Waals surface area contributed by atoms with Crippen molar-refractivity contribution in [2.45, 2.75) is 72.1 Å². The summed E-state index contributed by atoms with van der Waals surface area (Å²) in [6, 6.07) is 16.6. The summed E-state index contributed by atoms with van der Waals surface area (Å²) in [6.45, 7) is 6.83. The number of carbonyl (C=O) groups is 3. The Balaban J connectivity index is 0.000000351. The highest BCUT2D eigenvalue weighted by Gasteiger charge is 2.18. The van der Waals surface area contributed by atoms with Crippen LogP contribution in [0.25, 0.3) is 0 Å². The molecule has 0 aliphatic carbocycles. The molecule has 1 atom stereocenters. The van der Waals surface area contributed by atoms with E-state index in [9.17, 15) is 14.4 Å². The molecule has 0 amide bonds. The van der Waals surface area contributed by atoms with Gasteiger partial charge < -0.3 is 0 Å². The van der Waals surface area contributed by atoms with Crippen molar-refractivity contribution in [1.82, 2.24) is 0 Å². The van der Waals surface area contributed by atoms with E-state index in [2.05, 4.69) is 23.6 Å². The Morgan fingerprint density at radius 3 is 1.63 bits per heavy atom. The predicted octanol–water partition coefficient (Wildman–Crippen LogP) is 6.87. The van der Waals surface area contributed by atoms with Crippen LogP contribution < -0.4 is 0 Å². The molecule has 0 spiro atoms. The first kappa shape index (κ1) is 29.8. The van der Waals surface area contributed by atoms with Crippen LogP contribution >= 0.6 is 0 Å². The molecule has 7 nitrogen and oxygen atoms in total. The van der Waals surface area contributed by atoms with Gasteiger partial charge in [-0.15, -0.1) is 0 Å². The first-order valence-electron chi connectivity index (χ1n) is 12.4. The molecule has 1 unspecified atom stereocenters. The third-order valence-electron chi connectivity index (χ3n) is 5.17. The summed E-state index contributed by atoms with van der Waals surface area (Å²) in [7, 11) is 0. The van der Waals surface area contributed by atoms with E-state index in [0.717, 1.165) is 38.5 Å². The molecule has 2 aromatic rings. The van der Waals surface area contributed by atoms with Crippen molar-refractivity contribution in [3.8, 4) is 0 Å². The topological polar surface area (TPSA) is 88.1 Å². The maximum absolute atomic E-state index is 11.6. The molecule has 0 aliphatic rings. The fourth-order valence-corrected chi connectivity index (χ4v) is 3.02. The van der Waals surface area contributed by atoms with Crippen molar-refractivity contribution < 1.29 is 33.9 Å². The number of carbonyl (C=O) groups excluding carboxylic acids is 3. The lowest BCUT2D eigenvalue weighted by molar-refractivity contribution is -0.276. The van der Waals surface area contributed by atoms with Crippen LogP contribution in [0.15, 0.2) is 60.7 Å². The summed E-state index contributed by atoms with van der Waals surface area (Å²) < 4.78 is 0. The normalized spacial score (nSPS) is 10.9. The van der Waals surface area contributed by atoms with Gasteiger partial charge in [0.1, 0.15) is 0 Å². The summed E-state index contributed by atoms with van der Waals surface area (Å²) in [5, 5.41) is 0. The Bertz CT molecular complexity index is 785. The third-order valence-corrected chi connectivity index (χ3v) is 5.17. The van der Waals surface area contributed by atoms with Crippen molar-refractivity contribution in [1.29, 1.82) is 0 Å². The average Bonchev–Trinajstić information content (AvgIpc) is 2.91. The standard InChI is InChI=1S/C14H10O4.C14H28O3/c15-13(11-7-3-1-4-8-11)17-18-14(16)12-9-5-2-6-10-12;1-4-7-9-10-12-16-17-14(15)13(6-3)11-8-5-2/h1-10H;13H,4-12H2,1-3H3. The van der Waals surface area contributed by atoms with Gasteiger partial charge in [-0.25, -0.2) is 24.2 Å². The Labute approximate surface area is 208 Å². The SMILES string of the molecule is CCCCCCOOC(=O)C(CC)CCCC.O=C(OOC(=O)c1ccccc1)c1ccccc1. The first-order valence-corrected chi connectivity index (χ1v) is 12.4. The Morgan fingerprint density at radius 2 is 1.17 bits per heavy atom. The largest absolute Gasteiger partial charge is 0.386 e. The third kappa shape index (κ3) is 13.3. The van der Waals surface area contributed by atoms with Gasteiger partial charge in [-0.05, 0) is 43.5 Å². The van der Waals surface area contributed by atoms with Crippen molar-refractivity contribution in [2.75, 3.05) is 6.61 Å². The number of hydrogen-bond acceptors (Lipinski definition) is 7. The summed E-state index contributed by atoms with van der Waals surface area (Å²) in [5.41, 5.74) is 0.636. The van der Waals surface area contributed by atoms with Crippen molar-refractivity contribution >= 4 is 17.9 Å². The molecule has 2 rings (SSSR count). The Morgan fingerprint density at radius 1 is 0.657 bits per heavy atom. The summed E-state index contributed by atoms with van der Waals surface area (Å²) in [5.74, 6) is -1.61. The molecule has 0 fully saturated rings. The van der Waals surface area contributed by atoms with Crippen LogP contribution in [0, 0.1) is 5.92 Å². The summed E-state index contributed by atoms with van der Waals surface area (Å²) in [6.07, 6.45) is 8.45. The molecule has 35 heavy (non-hydrogen) atoms. The fraction of sp³-hybridized carbons (Fsp3) is 0.464. The lowest BCUT2D eigenvalue weighted by Gasteiger charge is -2.12. The van der Waals surface area contributed by atoms with Gasteiger partial charge in [0.15, 0.2) is 0 Å². The Hall–Kier alpha value is -3.19. The molecular weight excluding hydrogens is 448 g/mol. The molecule has 0 radical (unpaired) electrons. The van der Waals surface area contributed by atoms with Gasteiger partial charge in [0.05, 0.1) is 23.7 Å². The molecule has 0 N–H and O–H groups in total. The second-order valence-electron chi connectivity index (χ2n) is 8.01. The monoisotopic (exact) mass is 486 g/mol. The van der Waals surface area contributed by atoms with E-state index in [0.29, 0.717) is 17.7 Å². The molecule has 0 aromatic heterocycles. The average molecular weight is 487 g/mol. The van der Waals surface area contributed by atoms with E-state index in [-0.39, 0.29) is 11.9 Å². The van der Waals surface area contributed by atoms with Crippen LogP contribution in [-0.2, 0) is 24.3 Å². The summed E-state index contributed by atoms with van der Waals surface area (Å²) >= 11 is 0. The van der Waals surface area contributed by atoms with Crippen LogP contribution in [0.3, 0.4) is 0 Å². The highest BCUT2D eigenvalue weighted by Crippen LogP contribution is 2.14. The molecule has 0 saturated carbocycles. The van der Waals surface area contributed by atoms with Gasteiger partial charge in [-0.2, -0.15) is 4.89 Å². The zero-order valence-electron chi connectivity index (χ0n) is 21.1. The van der Waals surface area contributed by atoms with Crippen LogP contribution in [0.1, 0.15) is 92.9 Å². The van der Waals surface area contributed by atoms with Gasteiger partial charge in [0, 0.05) is 0 Å². The maximum Gasteiger partial charge on any atom is 0.386 e. The van der Waals surface area contributed by atoms with Crippen molar-refractivity contribution in [3.05, 3.63) is 71.8 Å². The number of unbranched alkanes of at least 4 members (excludes halogenated alkanes) is 4. The van der Waals surface area contributed by atoms with E-state index in [1.165, 1.54) is 12.8 Å². The van der Waals surface area contributed by atoms with Gasteiger partial charge >= 0.3 is 17.9 Å². The number of hydrogen-bond donors (Lipinski definition) is 0. The minimum Gasteiger partial charge on any atom is -0.298 e. The predicted molar refractivity (Wildman–Crippen MR) is 133 cm³/mol. The van der Waals surface area contributed by atoms with E-state index in [1.54, 1.807) is 60.7 Å². The van der Waals surface area contributed by atoms with E-state index >= 15 is 0 Å². The van der Waals surface area contributed by atoms with Gasteiger partial charge in [-0.3, -0.25) is 4.89 Å². The second-order valence-corrected chi connectivity index (χ2v) is 8.01. The number of rotatable bonds is 13. The van der Waals surface area contributed by atoms with Crippen LogP contribution in [0.4, 0.5) is 0 Å². The fourth-order valence-electron chi connectivity index (χ4n) is 3.02. The highest BCUT2D eigenvalue weighted by atomic mass is 17.2. The van der Waals surface area contributed by atoms with Crippen molar-refractivity contribution in [2.24, 2.45) is 5.92 Å². The smallest absolute Gasteiger partial charge is 0.298 e. The van der Waals surface area contributed by atoms with Crippen LogP contribution in [0.5, 0.6) is 0 Å². The minimum absolute atomic E-state index is 0.00518. The van der Waals surface area contributed by atoms with Gasteiger partial charge in [0.25, 0.3) is 0 Å². The van der Waals surface area contributed by atoms with E-state index in [4.69, 9.17) is 9.78 Å². The number of benzene rings is 2. The zero-order chi connectivity index (χ0) is 25.7. The molecule has 0 aliphatic heterocycles. The highest BCUT2D eigenvalue weighted by molar-refractivity contribution is 5.92. The Kier molecular flexibility index (Phi) is 16.3. The van der Waals surface area contributed by atoms with Crippen LogP contribution in [0.2, 0.25) is 0 Å². The second kappa shape index (κ2) is 19.2. The molecule has 0 saturated heterocycles. The molecule has 192 valence electrons. The minimum atomic E-state index is -0.708. The van der Waals surface area contributed by atoms with Crippen LogP contribution in [-0.4, -0.2) is 24.5 Å². The molecule has 0 bridgehead atoms. The molecule has 2 aromatic carbocycles. The van der Waals surface area contributed by atoms with Gasteiger partial charge in [0.2, 0.25) is 0 Å². The van der Waals surface area contributed by atoms with E-state index < -0.39 is 11.9 Å².